The fourth-order valence-electron chi connectivity index (χ4n) is 2.75. The topological polar surface area (TPSA) is 59.6 Å². The number of benzene rings is 2. The lowest BCUT2D eigenvalue weighted by Crippen LogP contribution is -2.52. The van der Waals surface area contributed by atoms with Crippen LogP contribution in [0.1, 0.15) is 25.5 Å². The van der Waals surface area contributed by atoms with E-state index in [4.69, 9.17) is 9.47 Å². The zero-order valence-electron chi connectivity index (χ0n) is 14.2. The van der Waals surface area contributed by atoms with E-state index < -0.39 is 5.79 Å². The Morgan fingerprint density at radius 2 is 1.80 bits per heavy atom. The van der Waals surface area contributed by atoms with Crippen LogP contribution in [-0.4, -0.2) is 24.5 Å². The molecule has 2 N–H and O–H groups in total. The molecule has 2 aromatic rings. The Hall–Kier alpha value is -1.89. The fraction of sp³-hybridized carbons (Fsp3) is 0.316. The van der Waals surface area contributed by atoms with E-state index in [0.717, 1.165) is 10.0 Å². The maximum atomic E-state index is 12.4. The minimum Gasteiger partial charge on any atom is -0.348 e. The molecule has 25 heavy (non-hydrogen) atoms. The molecule has 0 unspecified atom stereocenters. The van der Waals surface area contributed by atoms with Crippen LogP contribution in [0.4, 0.5) is 10.5 Å². The molecule has 0 radical (unpaired) electrons. The molecule has 0 spiro atoms. The zero-order chi connectivity index (χ0) is 17.9. The van der Waals surface area contributed by atoms with Crippen molar-refractivity contribution in [2.45, 2.75) is 31.8 Å². The highest BCUT2D eigenvalue weighted by Gasteiger charge is 2.38. The van der Waals surface area contributed by atoms with Gasteiger partial charge in [0.15, 0.2) is 5.79 Å². The maximum Gasteiger partial charge on any atom is 0.319 e. The molecule has 0 aromatic heterocycles. The van der Waals surface area contributed by atoms with Crippen LogP contribution in [0.3, 0.4) is 0 Å². The lowest BCUT2D eigenvalue weighted by molar-refractivity contribution is -0.284. The maximum absolute atomic E-state index is 12.4. The molecule has 2 aromatic carbocycles. The van der Waals surface area contributed by atoms with Crippen LogP contribution in [0.5, 0.6) is 0 Å². The summed E-state index contributed by atoms with van der Waals surface area (Å²) >= 11 is 3.42. The van der Waals surface area contributed by atoms with E-state index in [9.17, 15) is 4.79 Å². The van der Waals surface area contributed by atoms with E-state index >= 15 is 0 Å². The molecule has 1 heterocycles. The number of hydrogen-bond donors (Lipinski definition) is 2. The fourth-order valence-corrected chi connectivity index (χ4v) is 3.13. The van der Waals surface area contributed by atoms with Gasteiger partial charge in [0.05, 0.1) is 18.3 Å². The van der Waals surface area contributed by atoms with Gasteiger partial charge in [0, 0.05) is 4.47 Å². The molecule has 6 heteroatoms. The number of nitrogens with one attached hydrogen (secondary N) is 2. The second kappa shape index (κ2) is 7.56. The van der Waals surface area contributed by atoms with Gasteiger partial charge in [0.2, 0.25) is 0 Å². The van der Waals surface area contributed by atoms with Crippen molar-refractivity contribution in [1.29, 1.82) is 0 Å². The number of anilines is 1. The van der Waals surface area contributed by atoms with E-state index in [2.05, 4.69) is 26.6 Å². The summed E-state index contributed by atoms with van der Waals surface area (Å²) in [4.78, 5) is 12.4. The van der Waals surface area contributed by atoms with Gasteiger partial charge in [-0.2, -0.15) is 0 Å². The van der Waals surface area contributed by atoms with Crippen molar-refractivity contribution < 1.29 is 14.3 Å². The van der Waals surface area contributed by atoms with E-state index in [-0.39, 0.29) is 18.2 Å². The molecule has 2 atom stereocenters. The molecule has 132 valence electrons. The number of amides is 2. The monoisotopic (exact) mass is 404 g/mol. The first-order chi connectivity index (χ1) is 11.9. The van der Waals surface area contributed by atoms with Crippen LogP contribution in [0.2, 0.25) is 0 Å². The highest BCUT2D eigenvalue weighted by atomic mass is 79.9. The zero-order valence-corrected chi connectivity index (χ0v) is 15.7. The van der Waals surface area contributed by atoms with Gasteiger partial charge in [-0.1, -0.05) is 42.5 Å². The van der Waals surface area contributed by atoms with E-state index in [1.165, 1.54) is 0 Å². The summed E-state index contributed by atoms with van der Waals surface area (Å²) < 4.78 is 12.6. The van der Waals surface area contributed by atoms with Crippen LogP contribution >= 0.6 is 15.9 Å². The van der Waals surface area contributed by atoms with E-state index in [1.54, 1.807) is 0 Å². The molecule has 5 nitrogen and oxygen atoms in total. The highest BCUT2D eigenvalue weighted by molar-refractivity contribution is 9.10. The summed E-state index contributed by atoms with van der Waals surface area (Å²) in [5.41, 5.74) is 1.71. The van der Waals surface area contributed by atoms with Crippen molar-refractivity contribution in [1.82, 2.24) is 5.32 Å². The van der Waals surface area contributed by atoms with Crippen molar-refractivity contribution in [2.24, 2.45) is 0 Å². The first-order valence-corrected chi connectivity index (χ1v) is 8.93. The Balaban J connectivity index is 1.73. The van der Waals surface area contributed by atoms with Crippen molar-refractivity contribution in [3.05, 3.63) is 64.6 Å². The minimum absolute atomic E-state index is 0.282. The van der Waals surface area contributed by atoms with Gasteiger partial charge >= 0.3 is 6.03 Å². The summed E-state index contributed by atoms with van der Waals surface area (Å²) in [5.74, 6) is -0.697. The van der Waals surface area contributed by atoms with Crippen LogP contribution in [0, 0.1) is 0 Å². The van der Waals surface area contributed by atoms with Crippen molar-refractivity contribution in [3.63, 3.8) is 0 Å². The third kappa shape index (κ3) is 4.60. The lowest BCUT2D eigenvalue weighted by Gasteiger charge is -2.41. The first kappa shape index (κ1) is 17.9. The number of para-hydroxylation sites is 1. The molecule has 0 aliphatic carbocycles. The van der Waals surface area contributed by atoms with Gasteiger partial charge in [-0.25, -0.2) is 4.79 Å². The largest absolute Gasteiger partial charge is 0.348 e. The van der Waals surface area contributed by atoms with Gasteiger partial charge in [0.25, 0.3) is 0 Å². The van der Waals surface area contributed by atoms with Crippen LogP contribution < -0.4 is 10.6 Å². The summed E-state index contributed by atoms with van der Waals surface area (Å²) in [6, 6.07) is 16.7. The summed E-state index contributed by atoms with van der Waals surface area (Å²) in [6.07, 6.45) is -0.282. The normalized spacial score (nSPS) is 22.2. The molecular weight excluding hydrogens is 384 g/mol. The number of hydrogen-bond acceptors (Lipinski definition) is 3. The minimum atomic E-state index is -0.697. The van der Waals surface area contributed by atoms with E-state index in [1.807, 2.05) is 68.4 Å². The summed E-state index contributed by atoms with van der Waals surface area (Å²) in [6.45, 7) is 4.12. The predicted octanol–water partition coefficient (Wildman–Crippen LogP) is 4.46. The Bertz CT molecular complexity index is 736. The molecular formula is C19H21BrN2O3. The van der Waals surface area contributed by atoms with Crippen molar-refractivity contribution in [3.8, 4) is 0 Å². The number of urea groups is 1. The Kier molecular flexibility index (Phi) is 5.42. The summed E-state index contributed by atoms with van der Waals surface area (Å²) in [5, 5.41) is 5.80. The smallest absolute Gasteiger partial charge is 0.319 e. The molecule has 0 saturated carbocycles. The number of rotatable bonds is 3. The number of carbonyl (C=O) groups excluding carboxylic acids is 1. The SMILES string of the molecule is CC1(C)OC[C@H](NC(=O)Nc2ccccc2Br)[C@H](c2ccccc2)O1. The third-order valence-electron chi connectivity index (χ3n) is 3.95. The quantitative estimate of drug-likeness (QED) is 0.793. The second-order valence-electron chi connectivity index (χ2n) is 6.34. The van der Waals surface area contributed by atoms with Gasteiger partial charge in [-0.05, 0) is 47.5 Å². The molecule has 1 aliphatic heterocycles. The molecule has 2 amide bonds. The number of halogens is 1. The highest BCUT2D eigenvalue weighted by Crippen LogP contribution is 2.33. The Morgan fingerprint density at radius 3 is 2.52 bits per heavy atom. The first-order valence-electron chi connectivity index (χ1n) is 8.13. The average Bonchev–Trinajstić information content (AvgIpc) is 2.59. The van der Waals surface area contributed by atoms with E-state index in [0.29, 0.717) is 12.3 Å². The standard InChI is InChI=1S/C19H21BrN2O3/c1-19(2)24-12-16(17(25-19)13-8-4-3-5-9-13)22-18(23)21-15-11-7-6-10-14(15)20/h3-11,16-17H,12H2,1-2H3,(H2,21,22,23)/t16-,17-/m0/s1. The number of carbonyl (C=O) groups is 1. The molecule has 3 rings (SSSR count). The Morgan fingerprint density at radius 1 is 1.12 bits per heavy atom. The average molecular weight is 405 g/mol. The third-order valence-corrected chi connectivity index (χ3v) is 4.64. The van der Waals surface area contributed by atoms with Gasteiger partial charge in [-0.15, -0.1) is 0 Å². The Labute approximate surface area is 155 Å². The molecule has 0 bridgehead atoms. The van der Waals surface area contributed by atoms with Gasteiger partial charge in [0.1, 0.15) is 6.10 Å². The van der Waals surface area contributed by atoms with Crippen molar-refractivity contribution in [2.75, 3.05) is 11.9 Å². The molecule has 1 saturated heterocycles. The van der Waals surface area contributed by atoms with Gasteiger partial charge in [-0.3, -0.25) is 0 Å². The van der Waals surface area contributed by atoms with Crippen LogP contribution in [0.25, 0.3) is 0 Å². The summed E-state index contributed by atoms with van der Waals surface area (Å²) in [7, 11) is 0. The number of ether oxygens (including phenoxy) is 2. The second-order valence-corrected chi connectivity index (χ2v) is 7.20. The van der Waals surface area contributed by atoms with Crippen LogP contribution in [0.15, 0.2) is 59.1 Å². The van der Waals surface area contributed by atoms with Crippen molar-refractivity contribution >= 4 is 27.6 Å². The molecule has 1 fully saturated rings. The molecule has 1 aliphatic rings. The van der Waals surface area contributed by atoms with Crippen LogP contribution in [-0.2, 0) is 9.47 Å². The predicted molar refractivity (Wildman–Crippen MR) is 100 cm³/mol. The van der Waals surface area contributed by atoms with Gasteiger partial charge < -0.3 is 20.1 Å². The lowest BCUT2D eigenvalue weighted by atomic mass is 10.0.